The van der Waals surface area contributed by atoms with Crippen molar-refractivity contribution in [1.82, 2.24) is 10.2 Å². The van der Waals surface area contributed by atoms with E-state index in [9.17, 15) is 5.11 Å². The van der Waals surface area contributed by atoms with Gasteiger partial charge in [0.1, 0.15) is 0 Å². The Morgan fingerprint density at radius 1 is 1.47 bits per heavy atom. The van der Waals surface area contributed by atoms with Crippen LogP contribution >= 0.6 is 0 Å². The van der Waals surface area contributed by atoms with Crippen molar-refractivity contribution >= 4 is 0 Å². The fraction of sp³-hybridized carbons (Fsp3) is 0.600. The summed E-state index contributed by atoms with van der Waals surface area (Å²) in [6.07, 6.45) is 2.44. The van der Waals surface area contributed by atoms with E-state index in [0.717, 1.165) is 25.2 Å². The number of para-hydroxylation sites is 1. The van der Waals surface area contributed by atoms with Gasteiger partial charge in [-0.15, -0.1) is 0 Å². The summed E-state index contributed by atoms with van der Waals surface area (Å²) in [5.74, 6) is 0.857. The zero-order valence-corrected chi connectivity index (χ0v) is 11.9. The number of ether oxygens (including phenoxy) is 1. The van der Waals surface area contributed by atoms with E-state index >= 15 is 0 Å². The molecule has 2 N–H and O–H groups in total. The second kappa shape index (κ2) is 6.78. The molecule has 0 aliphatic carbocycles. The molecule has 4 heteroatoms. The number of nitrogens with zero attached hydrogens (tertiary/aromatic N) is 1. The third-order valence-electron chi connectivity index (χ3n) is 3.70. The standard InChI is InChI=1S/C15H24N2O2/c1-3-19-14-8-4-6-12(15(14)18)11-17(2)13-7-5-9-16-10-13/h4,6,8,13,16,18H,3,5,7,9-11H2,1-2H3. The van der Waals surface area contributed by atoms with Gasteiger partial charge >= 0.3 is 0 Å². The average Bonchev–Trinajstić information content (AvgIpc) is 2.44. The fourth-order valence-electron chi connectivity index (χ4n) is 2.57. The quantitative estimate of drug-likeness (QED) is 0.853. The second-order valence-electron chi connectivity index (χ2n) is 5.11. The summed E-state index contributed by atoms with van der Waals surface area (Å²) in [5, 5.41) is 13.6. The van der Waals surface area contributed by atoms with E-state index in [0.29, 0.717) is 18.4 Å². The molecular formula is C15H24N2O2. The van der Waals surface area contributed by atoms with Gasteiger partial charge in [-0.05, 0) is 39.4 Å². The van der Waals surface area contributed by atoms with Crippen molar-refractivity contribution in [2.75, 3.05) is 26.7 Å². The minimum absolute atomic E-state index is 0.278. The van der Waals surface area contributed by atoms with Gasteiger partial charge < -0.3 is 15.2 Å². The summed E-state index contributed by atoms with van der Waals surface area (Å²) in [7, 11) is 2.12. The van der Waals surface area contributed by atoms with Crippen LogP contribution in [0.3, 0.4) is 0 Å². The molecule has 1 aliphatic heterocycles. The highest BCUT2D eigenvalue weighted by Crippen LogP contribution is 2.30. The maximum atomic E-state index is 10.2. The maximum Gasteiger partial charge on any atom is 0.162 e. The Balaban J connectivity index is 2.03. The molecule has 1 atom stereocenters. The number of phenols is 1. The fourth-order valence-corrected chi connectivity index (χ4v) is 2.57. The molecule has 0 bridgehead atoms. The molecule has 1 aliphatic rings. The number of likely N-dealkylation sites (N-methyl/N-ethyl adjacent to an activating group) is 1. The molecular weight excluding hydrogens is 240 g/mol. The lowest BCUT2D eigenvalue weighted by atomic mass is 10.1. The molecule has 4 nitrogen and oxygen atoms in total. The molecule has 1 aromatic carbocycles. The second-order valence-corrected chi connectivity index (χ2v) is 5.11. The van der Waals surface area contributed by atoms with E-state index in [1.807, 2.05) is 25.1 Å². The van der Waals surface area contributed by atoms with Crippen LogP contribution in [0.4, 0.5) is 0 Å². The lowest BCUT2D eigenvalue weighted by molar-refractivity contribution is 0.193. The van der Waals surface area contributed by atoms with Crippen LogP contribution in [0.1, 0.15) is 25.3 Å². The summed E-state index contributed by atoms with van der Waals surface area (Å²) >= 11 is 0. The molecule has 1 fully saturated rings. The summed E-state index contributed by atoms with van der Waals surface area (Å²) < 4.78 is 5.42. The summed E-state index contributed by atoms with van der Waals surface area (Å²) in [4.78, 5) is 2.30. The minimum atomic E-state index is 0.278. The molecule has 106 valence electrons. The number of hydrogen-bond acceptors (Lipinski definition) is 4. The molecule has 1 saturated heterocycles. The van der Waals surface area contributed by atoms with Gasteiger partial charge in [-0.25, -0.2) is 0 Å². The Bertz CT molecular complexity index is 403. The Labute approximate surface area is 115 Å². The van der Waals surface area contributed by atoms with Crippen LogP contribution in [-0.4, -0.2) is 42.8 Å². The lowest BCUT2D eigenvalue weighted by Crippen LogP contribution is -2.43. The predicted octanol–water partition coefficient (Wildman–Crippen LogP) is 1.97. The molecule has 0 radical (unpaired) electrons. The van der Waals surface area contributed by atoms with Crippen LogP contribution in [0.15, 0.2) is 18.2 Å². The highest BCUT2D eigenvalue weighted by atomic mass is 16.5. The monoisotopic (exact) mass is 264 g/mol. The van der Waals surface area contributed by atoms with Crippen LogP contribution < -0.4 is 10.1 Å². The van der Waals surface area contributed by atoms with Crippen molar-refractivity contribution in [2.24, 2.45) is 0 Å². The number of rotatable bonds is 5. The zero-order valence-electron chi connectivity index (χ0n) is 11.9. The lowest BCUT2D eigenvalue weighted by Gasteiger charge is -2.31. The number of hydrogen-bond donors (Lipinski definition) is 2. The van der Waals surface area contributed by atoms with E-state index in [-0.39, 0.29) is 5.75 Å². The number of phenolic OH excluding ortho intramolecular Hbond substituents is 1. The first-order valence-corrected chi connectivity index (χ1v) is 7.07. The Morgan fingerprint density at radius 3 is 3.00 bits per heavy atom. The summed E-state index contributed by atoms with van der Waals surface area (Å²) in [5.41, 5.74) is 0.930. The SMILES string of the molecule is CCOc1cccc(CN(C)C2CCCNC2)c1O. The summed E-state index contributed by atoms with van der Waals surface area (Å²) in [6, 6.07) is 6.26. The minimum Gasteiger partial charge on any atom is -0.504 e. The van der Waals surface area contributed by atoms with Crippen molar-refractivity contribution in [3.8, 4) is 11.5 Å². The van der Waals surface area contributed by atoms with Crippen molar-refractivity contribution in [2.45, 2.75) is 32.4 Å². The van der Waals surface area contributed by atoms with Gasteiger partial charge in [-0.3, -0.25) is 4.90 Å². The first kappa shape index (κ1) is 14.2. The average molecular weight is 264 g/mol. The third-order valence-corrected chi connectivity index (χ3v) is 3.70. The molecule has 0 spiro atoms. The van der Waals surface area contributed by atoms with Gasteiger partial charge in [-0.2, -0.15) is 0 Å². The van der Waals surface area contributed by atoms with Gasteiger partial charge in [0, 0.05) is 24.7 Å². The van der Waals surface area contributed by atoms with E-state index < -0.39 is 0 Å². The largest absolute Gasteiger partial charge is 0.504 e. The predicted molar refractivity (Wildman–Crippen MR) is 76.6 cm³/mol. The number of nitrogens with one attached hydrogen (secondary N) is 1. The molecule has 0 aromatic heterocycles. The van der Waals surface area contributed by atoms with Crippen LogP contribution in [0.25, 0.3) is 0 Å². The smallest absolute Gasteiger partial charge is 0.162 e. The third kappa shape index (κ3) is 3.61. The number of aromatic hydroxyl groups is 1. The molecule has 0 amide bonds. The maximum absolute atomic E-state index is 10.2. The molecule has 19 heavy (non-hydrogen) atoms. The van der Waals surface area contributed by atoms with Crippen molar-refractivity contribution < 1.29 is 9.84 Å². The van der Waals surface area contributed by atoms with Crippen LogP contribution in [-0.2, 0) is 6.54 Å². The molecule has 1 aromatic rings. The molecule has 1 heterocycles. The van der Waals surface area contributed by atoms with E-state index in [2.05, 4.69) is 17.3 Å². The van der Waals surface area contributed by atoms with Crippen molar-refractivity contribution in [1.29, 1.82) is 0 Å². The first-order chi connectivity index (χ1) is 9.22. The van der Waals surface area contributed by atoms with Gasteiger partial charge in [0.05, 0.1) is 6.61 Å². The van der Waals surface area contributed by atoms with E-state index in [4.69, 9.17) is 4.74 Å². The Morgan fingerprint density at radius 2 is 2.32 bits per heavy atom. The Kier molecular flexibility index (Phi) is 5.05. The topological polar surface area (TPSA) is 44.7 Å². The highest BCUT2D eigenvalue weighted by Gasteiger charge is 2.19. The molecule has 0 saturated carbocycles. The van der Waals surface area contributed by atoms with Crippen LogP contribution in [0, 0.1) is 0 Å². The first-order valence-electron chi connectivity index (χ1n) is 7.07. The molecule has 1 unspecified atom stereocenters. The van der Waals surface area contributed by atoms with E-state index in [1.165, 1.54) is 12.8 Å². The van der Waals surface area contributed by atoms with Crippen LogP contribution in [0.2, 0.25) is 0 Å². The van der Waals surface area contributed by atoms with E-state index in [1.54, 1.807) is 0 Å². The van der Waals surface area contributed by atoms with Gasteiger partial charge in [-0.1, -0.05) is 12.1 Å². The summed E-state index contributed by atoms with van der Waals surface area (Å²) in [6.45, 7) is 5.39. The molecule has 2 rings (SSSR count). The van der Waals surface area contributed by atoms with Gasteiger partial charge in [0.15, 0.2) is 11.5 Å². The number of piperidine rings is 1. The Hall–Kier alpha value is -1.26. The highest BCUT2D eigenvalue weighted by molar-refractivity contribution is 5.45. The normalized spacial score (nSPS) is 19.6. The van der Waals surface area contributed by atoms with Gasteiger partial charge in [0.2, 0.25) is 0 Å². The zero-order chi connectivity index (χ0) is 13.7. The van der Waals surface area contributed by atoms with Gasteiger partial charge in [0.25, 0.3) is 0 Å². The van der Waals surface area contributed by atoms with Crippen LogP contribution in [0.5, 0.6) is 11.5 Å². The van der Waals surface area contributed by atoms with Crippen molar-refractivity contribution in [3.05, 3.63) is 23.8 Å². The van der Waals surface area contributed by atoms with Crippen molar-refractivity contribution in [3.63, 3.8) is 0 Å². The number of benzene rings is 1.